The molecule has 0 aliphatic rings. The molecule has 0 aliphatic carbocycles. The minimum absolute atomic E-state index is 0.0685. The van der Waals surface area contributed by atoms with E-state index in [0.29, 0.717) is 35.8 Å². The van der Waals surface area contributed by atoms with Gasteiger partial charge in [-0.1, -0.05) is 44.2 Å². The summed E-state index contributed by atoms with van der Waals surface area (Å²) in [5.41, 5.74) is 2.43. The Balaban J connectivity index is 2.00. The number of hydrogen-bond donors (Lipinski definition) is 2. The monoisotopic (exact) mass is 500 g/mol. The van der Waals surface area contributed by atoms with Gasteiger partial charge in [0.25, 0.3) is 5.91 Å². The predicted octanol–water partition coefficient (Wildman–Crippen LogP) is 3.95. The molecule has 1 amide bonds. The van der Waals surface area contributed by atoms with E-state index in [1.165, 1.54) is 19.3 Å². The average Bonchev–Trinajstić information content (AvgIpc) is 3.42. The Kier molecular flexibility index (Phi) is 8.71. The second-order valence-corrected chi connectivity index (χ2v) is 10.7. The number of para-hydroxylation sites is 1. The molecule has 1 unspecified atom stereocenters. The Morgan fingerprint density at radius 2 is 1.74 bits per heavy atom. The molecule has 9 heteroatoms. The van der Waals surface area contributed by atoms with Gasteiger partial charge in [-0.25, -0.2) is 13.9 Å². The molecule has 1 heterocycles. The van der Waals surface area contributed by atoms with Gasteiger partial charge in [0, 0.05) is 18.5 Å². The van der Waals surface area contributed by atoms with Gasteiger partial charge in [0.2, 0.25) is 0 Å². The molecule has 3 aromatic rings. The van der Waals surface area contributed by atoms with E-state index in [2.05, 4.69) is 18.7 Å². The predicted molar refractivity (Wildman–Crippen MR) is 133 cm³/mol. The Hall–Kier alpha value is -3.14. The second kappa shape index (κ2) is 11.5. The first-order valence-corrected chi connectivity index (χ1v) is 13.0. The van der Waals surface area contributed by atoms with Crippen LogP contribution in [-0.2, 0) is 21.1 Å². The van der Waals surface area contributed by atoms with Crippen LogP contribution in [0.2, 0.25) is 0 Å². The first-order chi connectivity index (χ1) is 16.8. The zero-order valence-corrected chi connectivity index (χ0v) is 21.0. The summed E-state index contributed by atoms with van der Waals surface area (Å²) < 4.78 is 37.4. The summed E-state index contributed by atoms with van der Waals surface area (Å²) in [5, 5.41) is 9.52. The topological polar surface area (TPSA) is 109 Å². The zero-order valence-electron chi connectivity index (χ0n) is 20.2. The van der Waals surface area contributed by atoms with E-state index in [9.17, 15) is 18.4 Å². The number of hydrogen-bond acceptors (Lipinski definition) is 7. The van der Waals surface area contributed by atoms with Crippen molar-refractivity contribution in [2.45, 2.75) is 36.8 Å². The highest BCUT2D eigenvalue weighted by molar-refractivity contribution is 7.93. The lowest BCUT2D eigenvalue weighted by Crippen LogP contribution is -2.51. The summed E-state index contributed by atoms with van der Waals surface area (Å²) in [6.07, 6.45) is 1.24. The third kappa shape index (κ3) is 5.58. The van der Waals surface area contributed by atoms with Crippen molar-refractivity contribution < 1.29 is 27.6 Å². The highest BCUT2D eigenvalue weighted by Crippen LogP contribution is 2.37. The van der Waals surface area contributed by atoms with Gasteiger partial charge in [0.15, 0.2) is 14.6 Å². The Morgan fingerprint density at radius 1 is 1.06 bits per heavy atom. The maximum absolute atomic E-state index is 14.0. The first-order valence-electron chi connectivity index (χ1n) is 11.5. The number of rotatable bonds is 12. The van der Waals surface area contributed by atoms with Crippen LogP contribution in [0.1, 0.15) is 26.3 Å². The molecule has 0 aliphatic heterocycles. The van der Waals surface area contributed by atoms with E-state index in [4.69, 9.17) is 9.15 Å². The van der Waals surface area contributed by atoms with Crippen LogP contribution in [0.4, 0.5) is 0 Å². The first kappa shape index (κ1) is 26.5. The quantitative estimate of drug-likeness (QED) is 0.286. The number of carbonyl (C=O) groups is 1. The normalized spacial score (nSPS) is 13.4. The molecule has 0 saturated carbocycles. The SMILES string of the molecule is CCN(CC)CCOc1ccccc1CC(C)(C(=O)NO)S(=O)(=O)c1ccccc1-c1ccco1. The van der Waals surface area contributed by atoms with Gasteiger partial charge < -0.3 is 14.1 Å². The number of nitrogens with zero attached hydrogens (tertiary/aromatic N) is 1. The number of sulfone groups is 1. The van der Waals surface area contributed by atoms with Gasteiger partial charge in [-0.05, 0) is 55.9 Å². The van der Waals surface area contributed by atoms with E-state index in [1.54, 1.807) is 60.1 Å². The van der Waals surface area contributed by atoms with Gasteiger partial charge in [0.1, 0.15) is 18.1 Å². The smallest absolute Gasteiger partial charge is 0.265 e. The van der Waals surface area contributed by atoms with Crippen LogP contribution in [0.15, 0.2) is 76.2 Å². The lowest BCUT2D eigenvalue weighted by Gasteiger charge is -2.29. The van der Waals surface area contributed by atoms with Crippen molar-refractivity contribution in [3.05, 3.63) is 72.5 Å². The van der Waals surface area contributed by atoms with E-state index >= 15 is 0 Å². The van der Waals surface area contributed by atoms with Crippen LogP contribution in [0, 0.1) is 0 Å². The molecule has 1 aromatic heterocycles. The zero-order chi connectivity index (χ0) is 25.5. The van der Waals surface area contributed by atoms with Crippen LogP contribution in [-0.4, -0.2) is 55.4 Å². The highest BCUT2D eigenvalue weighted by Gasteiger charge is 2.48. The molecular weight excluding hydrogens is 468 g/mol. The number of benzene rings is 2. The van der Waals surface area contributed by atoms with Gasteiger partial charge in [0.05, 0.1) is 11.2 Å². The highest BCUT2D eigenvalue weighted by atomic mass is 32.2. The Labute approximate surface area is 206 Å². The average molecular weight is 501 g/mol. The molecule has 0 radical (unpaired) electrons. The van der Waals surface area contributed by atoms with Crippen LogP contribution in [0.5, 0.6) is 5.75 Å². The van der Waals surface area contributed by atoms with Crippen LogP contribution >= 0.6 is 0 Å². The van der Waals surface area contributed by atoms with Crippen molar-refractivity contribution in [2.24, 2.45) is 0 Å². The third-order valence-electron chi connectivity index (χ3n) is 6.20. The number of ether oxygens (including phenoxy) is 1. The minimum atomic E-state index is -4.32. The third-order valence-corrected chi connectivity index (χ3v) is 8.65. The molecule has 2 N–H and O–H groups in total. The molecule has 8 nitrogen and oxygen atoms in total. The van der Waals surface area contributed by atoms with Crippen LogP contribution in [0.3, 0.4) is 0 Å². The van der Waals surface area contributed by atoms with Crippen molar-refractivity contribution in [1.29, 1.82) is 0 Å². The van der Waals surface area contributed by atoms with E-state index < -0.39 is 20.5 Å². The molecule has 3 rings (SSSR count). The fraction of sp³-hybridized carbons (Fsp3) is 0.346. The number of amides is 1. The summed E-state index contributed by atoms with van der Waals surface area (Å²) in [6.45, 7) is 8.36. The van der Waals surface area contributed by atoms with Gasteiger partial charge in [-0.15, -0.1) is 0 Å². The molecule has 188 valence electrons. The van der Waals surface area contributed by atoms with Crippen molar-refractivity contribution in [3.8, 4) is 17.1 Å². The summed E-state index contributed by atoms with van der Waals surface area (Å²) in [5.74, 6) is -0.188. The lowest BCUT2D eigenvalue weighted by molar-refractivity contribution is -0.131. The standard InChI is InChI=1S/C26H32N2O6S/c1-4-28(5-2)16-18-34-22-13-8-6-11-20(22)19-26(3,25(29)27-30)35(31,32)24-15-9-7-12-21(24)23-14-10-17-33-23/h6-15,17,30H,4-5,16,18-19H2,1-3H3,(H,27,29). The Morgan fingerprint density at radius 3 is 2.40 bits per heavy atom. The minimum Gasteiger partial charge on any atom is -0.492 e. The Bertz CT molecular complexity index is 1220. The molecule has 0 saturated heterocycles. The number of nitrogens with one attached hydrogen (secondary N) is 1. The van der Waals surface area contributed by atoms with Crippen molar-refractivity contribution in [1.82, 2.24) is 10.4 Å². The molecular formula is C26H32N2O6S. The molecule has 1 atom stereocenters. The summed E-state index contributed by atoms with van der Waals surface area (Å²) in [6, 6.07) is 16.7. The van der Waals surface area contributed by atoms with Crippen LogP contribution < -0.4 is 10.2 Å². The van der Waals surface area contributed by atoms with Crippen LogP contribution in [0.25, 0.3) is 11.3 Å². The van der Waals surface area contributed by atoms with Gasteiger partial charge >= 0.3 is 0 Å². The van der Waals surface area contributed by atoms with E-state index in [0.717, 1.165) is 13.1 Å². The fourth-order valence-corrected chi connectivity index (χ4v) is 5.81. The lowest BCUT2D eigenvalue weighted by atomic mass is 9.98. The molecule has 0 bridgehead atoms. The molecule has 2 aromatic carbocycles. The molecule has 0 spiro atoms. The largest absolute Gasteiger partial charge is 0.492 e. The van der Waals surface area contributed by atoms with Gasteiger partial charge in [-0.2, -0.15) is 0 Å². The van der Waals surface area contributed by atoms with Crippen molar-refractivity contribution >= 4 is 15.7 Å². The molecule has 0 fully saturated rings. The molecule has 35 heavy (non-hydrogen) atoms. The van der Waals surface area contributed by atoms with Crippen molar-refractivity contribution in [3.63, 3.8) is 0 Å². The number of furan rings is 1. The summed E-state index contributed by atoms with van der Waals surface area (Å²) in [7, 11) is -4.32. The summed E-state index contributed by atoms with van der Waals surface area (Å²) >= 11 is 0. The van der Waals surface area contributed by atoms with E-state index in [-0.39, 0.29) is 11.3 Å². The summed E-state index contributed by atoms with van der Waals surface area (Å²) in [4.78, 5) is 15.1. The number of carbonyl (C=O) groups excluding carboxylic acids is 1. The van der Waals surface area contributed by atoms with E-state index in [1.807, 2.05) is 0 Å². The fourth-order valence-electron chi connectivity index (χ4n) is 3.97. The number of hydroxylamine groups is 1. The maximum Gasteiger partial charge on any atom is 0.265 e. The maximum atomic E-state index is 14.0. The van der Waals surface area contributed by atoms with Crippen molar-refractivity contribution in [2.75, 3.05) is 26.2 Å². The number of likely N-dealkylation sites (N-methyl/N-ethyl adjacent to an activating group) is 1. The van der Waals surface area contributed by atoms with Gasteiger partial charge in [-0.3, -0.25) is 10.0 Å². The second-order valence-electron chi connectivity index (χ2n) is 8.31.